The van der Waals surface area contributed by atoms with Gasteiger partial charge in [-0.15, -0.1) is 0 Å². The Kier molecular flexibility index (Phi) is 5.96. The van der Waals surface area contributed by atoms with Crippen LogP contribution in [0.4, 0.5) is 0 Å². The maximum atomic E-state index is 11.8. The number of ether oxygens (including phenoxy) is 1. The molecule has 0 amide bonds. The molecule has 0 saturated carbocycles. The van der Waals surface area contributed by atoms with Crippen molar-refractivity contribution >= 4 is 17.9 Å². The van der Waals surface area contributed by atoms with Crippen molar-refractivity contribution < 1.29 is 28.9 Å². The Morgan fingerprint density at radius 3 is 2.25 bits per heavy atom. The van der Waals surface area contributed by atoms with E-state index in [1.807, 2.05) is 6.92 Å². The van der Waals surface area contributed by atoms with Gasteiger partial charge in [-0.25, -0.2) is 24.2 Å². The van der Waals surface area contributed by atoms with E-state index in [1.54, 1.807) is 12.1 Å². The van der Waals surface area contributed by atoms with Gasteiger partial charge in [0.25, 0.3) is 0 Å². The molecule has 6 nitrogen and oxygen atoms in total. The first-order chi connectivity index (χ1) is 9.60. The Balaban J connectivity index is 2.83. The Morgan fingerprint density at radius 1 is 1.10 bits per heavy atom. The van der Waals surface area contributed by atoms with Gasteiger partial charge in [0.05, 0.1) is 17.7 Å². The van der Waals surface area contributed by atoms with Gasteiger partial charge in [-0.2, -0.15) is 0 Å². The first-order valence-electron chi connectivity index (χ1n) is 5.91. The molecule has 106 valence electrons. The Labute approximate surface area is 115 Å². The lowest BCUT2D eigenvalue weighted by molar-refractivity contribution is -0.228. The second-order valence-electron chi connectivity index (χ2n) is 3.66. The van der Waals surface area contributed by atoms with E-state index in [-0.39, 0.29) is 17.7 Å². The summed E-state index contributed by atoms with van der Waals surface area (Å²) >= 11 is 0. The van der Waals surface area contributed by atoms with Crippen LogP contribution in [0.3, 0.4) is 0 Å². The molecule has 0 spiro atoms. The van der Waals surface area contributed by atoms with Crippen molar-refractivity contribution in [3.63, 3.8) is 0 Å². The maximum Gasteiger partial charge on any atom is 0.387 e. The predicted octanol–water partition coefficient (Wildman–Crippen LogP) is 2.05. The largest absolute Gasteiger partial charge is 0.462 e. The summed E-state index contributed by atoms with van der Waals surface area (Å²) in [4.78, 5) is 42.8. The molecule has 0 saturated heterocycles. The van der Waals surface area contributed by atoms with Crippen molar-refractivity contribution in [1.82, 2.24) is 0 Å². The molecular formula is C14H14O6. The van der Waals surface area contributed by atoms with Crippen LogP contribution in [-0.4, -0.2) is 24.5 Å². The molecule has 0 aromatic heterocycles. The Morgan fingerprint density at radius 2 is 1.70 bits per heavy atom. The van der Waals surface area contributed by atoms with E-state index in [0.29, 0.717) is 6.42 Å². The average molecular weight is 278 g/mol. The highest BCUT2D eigenvalue weighted by Crippen LogP contribution is 2.12. The summed E-state index contributed by atoms with van der Waals surface area (Å²) in [5.41, 5.74) is -0.00827. The lowest BCUT2D eigenvalue weighted by atomic mass is 10.1. The van der Waals surface area contributed by atoms with E-state index in [9.17, 15) is 14.4 Å². The van der Waals surface area contributed by atoms with E-state index < -0.39 is 17.9 Å². The predicted molar refractivity (Wildman–Crippen MR) is 68.7 cm³/mol. The summed E-state index contributed by atoms with van der Waals surface area (Å²) in [5.74, 6) is -2.52. The number of carbonyl (C=O) groups is 3. The van der Waals surface area contributed by atoms with Gasteiger partial charge in [0, 0.05) is 6.08 Å². The minimum Gasteiger partial charge on any atom is -0.462 e. The smallest absolute Gasteiger partial charge is 0.387 e. The number of esters is 1. The molecule has 1 aromatic carbocycles. The van der Waals surface area contributed by atoms with Gasteiger partial charge in [-0.1, -0.05) is 25.6 Å². The van der Waals surface area contributed by atoms with Gasteiger partial charge in [0.1, 0.15) is 0 Å². The molecule has 0 fully saturated rings. The Bertz CT molecular complexity index is 520. The number of hydrogen-bond acceptors (Lipinski definition) is 6. The zero-order chi connectivity index (χ0) is 15.0. The molecule has 0 aliphatic carbocycles. The molecular weight excluding hydrogens is 264 g/mol. The van der Waals surface area contributed by atoms with Crippen molar-refractivity contribution in [3.8, 4) is 0 Å². The zero-order valence-corrected chi connectivity index (χ0v) is 11.0. The van der Waals surface area contributed by atoms with E-state index in [2.05, 4.69) is 16.4 Å². The number of hydrogen-bond donors (Lipinski definition) is 0. The summed E-state index contributed by atoms with van der Waals surface area (Å²) in [7, 11) is 0. The molecule has 1 rings (SSSR count). The lowest BCUT2D eigenvalue weighted by Crippen LogP contribution is -2.15. The van der Waals surface area contributed by atoms with E-state index in [1.165, 1.54) is 12.1 Å². The fourth-order valence-electron chi connectivity index (χ4n) is 1.27. The molecule has 0 radical (unpaired) electrons. The number of benzene rings is 1. The van der Waals surface area contributed by atoms with Crippen molar-refractivity contribution in [2.24, 2.45) is 0 Å². The molecule has 0 unspecified atom stereocenters. The van der Waals surface area contributed by atoms with Gasteiger partial charge < -0.3 is 4.74 Å². The monoisotopic (exact) mass is 278 g/mol. The van der Waals surface area contributed by atoms with E-state index in [4.69, 9.17) is 4.74 Å². The summed E-state index contributed by atoms with van der Waals surface area (Å²) in [6.07, 6.45) is 1.50. The molecule has 0 aliphatic heterocycles. The molecule has 0 aliphatic rings. The van der Waals surface area contributed by atoms with Crippen LogP contribution in [0.25, 0.3) is 0 Å². The topological polar surface area (TPSA) is 78.9 Å². The van der Waals surface area contributed by atoms with Gasteiger partial charge >= 0.3 is 17.9 Å². The molecule has 6 heteroatoms. The van der Waals surface area contributed by atoms with Crippen LogP contribution in [0.5, 0.6) is 0 Å². The highest BCUT2D eigenvalue weighted by Gasteiger charge is 2.20. The normalized spacial score (nSPS) is 9.45. The molecule has 0 N–H and O–H groups in total. The van der Waals surface area contributed by atoms with Crippen LogP contribution in [-0.2, 0) is 19.3 Å². The SMILES string of the molecule is C=CC(=O)OOC(=O)c1ccccc1C(=O)OCCC. The third-order valence-corrected chi connectivity index (χ3v) is 2.17. The molecule has 1 aromatic rings. The third-order valence-electron chi connectivity index (χ3n) is 2.17. The minimum absolute atomic E-state index is 0.0422. The maximum absolute atomic E-state index is 11.8. The molecule has 0 bridgehead atoms. The van der Waals surface area contributed by atoms with Crippen LogP contribution < -0.4 is 0 Å². The van der Waals surface area contributed by atoms with E-state index in [0.717, 1.165) is 6.08 Å². The van der Waals surface area contributed by atoms with Crippen LogP contribution in [0.15, 0.2) is 36.9 Å². The molecule has 20 heavy (non-hydrogen) atoms. The van der Waals surface area contributed by atoms with Crippen molar-refractivity contribution in [2.75, 3.05) is 6.61 Å². The summed E-state index contributed by atoms with van der Waals surface area (Å²) < 4.78 is 4.94. The summed E-state index contributed by atoms with van der Waals surface area (Å²) in [6.45, 7) is 5.24. The number of carbonyl (C=O) groups excluding carboxylic acids is 3. The zero-order valence-electron chi connectivity index (χ0n) is 11.0. The average Bonchev–Trinajstić information content (AvgIpc) is 2.49. The van der Waals surface area contributed by atoms with E-state index >= 15 is 0 Å². The van der Waals surface area contributed by atoms with Crippen LogP contribution in [0, 0.1) is 0 Å². The molecule has 0 heterocycles. The fraction of sp³-hybridized carbons (Fsp3) is 0.214. The minimum atomic E-state index is -0.968. The quantitative estimate of drug-likeness (QED) is 0.355. The van der Waals surface area contributed by atoms with Crippen LogP contribution in [0.1, 0.15) is 34.1 Å². The second-order valence-corrected chi connectivity index (χ2v) is 3.66. The van der Waals surface area contributed by atoms with Crippen LogP contribution >= 0.6 is 0 Å². The third kappa shape index (κ3) is 4.24. The summed E-state index contributed by atoms with van der Waals surface area (Å²) in [5, 5.41) is 0. The number of rotatable bonds is 5. The first kappa shape index (κ1) is 15.4. The lowest BCUT2D eigenvalue weighted by Gasteiger charge is -2.07. The second kappa shape index (κ2) is 7.73. The highest BCUT2D eigenvalue weighted by atomic mass is 17.2. The Hall–Kier alpha value is -2.63. The van der Waals surface area contributed by atoms with Crippen molar-refractivity contribution in [2.45, 2.75) is 13.3 Å². The van der Waals surface area contributed by atoms with Crippen LogP contribution in [0.2, 0.25) is 0 Å². The van der Waals surface area contributed by atoms with Gasteiger partial charge in [0.2, 0.25) is 0 Å². The molecule has 0 atom stereocenters. The van der Waals surface area contributed by atoms with Crippen molar-refractivity contribution in [1.29, 1.82) is 0 Å². The summed E-state index contributed by atoms with van der Waals surface area (Å²) in [6, 6.07) is 5.91. The fourth-order valence-corrected chi connectivity index (χ4v) is 1.27. The van der Waals surface area contributed by atoms with Crippen molar-refractivity contribution in [3.05, 3.63) is 48.0 Å². The van der Waals surface area contributed by atoms with Gasteiger partial charge in [-0.05, 0) is 18.6 Å². The van der Waals surface area contributed by atoms with Gasteiger partial charge in [-0.3, -0.25) is 0 Å². The first-order valence-corrected chi connectivity index (χ1v) is 5.91. The highest BCUT2D eigenvalue weighted by molar-refractivity contribution is 6.03. The standard InChI is InChI=1S/C14H14O6/c1-3-9-18-13(16)10-7-5-6-8-11(10)14(17)20-19-12(15)4-2/h4-8H,2-3,9H2,1H3. The van der Waals surface area contributed by atoms with Gasteiger partial charge in [0.15, 0.2) is 0 Å².